The number of hydrogen-bond donors (Lipinski definition) is 1. The Bertz CT molecular complexity index is 409. The first-order valence-electron chi connectivity index (χ1n) is 5.16. The standard InChI is InChI=1S/C12H15BrO3/c1-12(2,3)11(14)7-4-8(13)10-9(5-7)15-6-16-10/h4-5,11,14H,6H2,1-3H3. The molecule has 1 atom stereocenters. The highest BCUT2D eigenvalue weighted by atomic mass is 79.9. The summed E-state index contributed by atoms with van der Waals surface area (Å²) in [7, 11) is 0. The van der Waals surface area contributed by atoms with Gasteiger partial charge in [0.1, 0.15) is 0 Å². The van der Waals surface area contributed by atoms with Gasteiger partial charge < -0.3 is 14.6 Å². The van der Waals surface area contributed by atoms with Crippen LogP contribution >= 0.6 is 15.9 Å². The summed E-state index contributed by atoms with van der Waals surface area (Å²) in [5.74, 6) is 1.40. The minimum absolute atomic E-state index is 0.201. The molecule has 0 saturated heterocycles. The quantitative estimate of drug-likeness (QED) is 0.861. The molecule has 0 amide bonds. The smallest absolute Gasteiger partial charge is 0.231 e. The SMILES string of the molecule is CC(C)(C)C(O)c1cc(Br)c2c(c1)OCO2. The van der Waals surface area contributed by atoms with Gasteiger partial charge in [-0.1, -0.05) is 20.8 Å². The highest BCUT2D eigenvalue weighted by molar-refractivity contribution is 9.10. The zero-order chi connectivity index (χ0) is 11.9. The van der Waals surface area contributed by atoms with Crippen LogP contribution in [0.25, 0.3) is 0 Å². The van der Waals surface area contributed by atoms with E-state index in [9.17, 15) is 5.11 Å². The highest BCUT2D eigenvalue weighted by Crippen LogP contribution is 2.43. The lowest BCUT2D eigenvalue weighted by Crippen LogP contribution is -2.17. The third kappa shape index (κ3) is 2.04. The molecule has 0 aromatic heterocycles. The second-order valence-electron chi connectivity index (χ2n) is 5.01. The Kier molecular flexibility index (Phi) is 2.88. The van der Waals surface area contributed by atoms with Crippen LogP contribution in [0.4, 0.5) is 0 Å². The van der Waals surface area contributed by atoms with Crippen LogP contribution in [0.3, 0.4) is 0 Å². The van der Waals surface area contributed by atoms with Gasteiger partial charge in [-0.15, -0.1) is 0 Å². The number of aliphatic hydroxyl groups excluding tert-OH is 1. The zero-order valence-electron chi connectivity index (χ0n) is 9.58. The maximum Gasteiger partial charge on any atom is 0.231 e. The number of rotatable bonds is 1. The molecule has 1 aliphatic heterocycles. The van der Waals surface area contributed by atoms with Crippen LogP contribution in [-0.2, 0) is 0 Å². The van der Waals surface area contributed by atoms with E-state index >= 15 is 0 Å². The Morgan fingerprint density at radius 1 is 1.31 bits per heavy atom. The van der Waals surface area contributed by atoms with Gasteiger partial charge in [0, 0.05) is 0 Å². The fourth-order valence-electron chi connectivity index (χ4n) is 1.65. The van der Waals surface area contributed by atoms with Crippen molar-refractivity contribution in [1.29, 1.82) is 0 Å². The van der Waals surface area contributed by atoms with Crippen molar-refractivity contribution in [2.45, 2.75) is 26.9 Å². The van der Waals surface area contributed by atoms with Crippen molar-refractivity contribution in [3.63, 3.8) is 0 Å². The molecule has 0 saturated carbocycles. The van der Waals surface area contributed by atoms with E-state index in [1.54, 1.807) is 0 Å². The first-order valence-corrected chi connectivity index (χ1v) is 5.96. The highest BCUT2D eigenvalue weighted by Gasteiger charge is 2.27. The average Bonchev–Trinajstić information content (AvgIpc) is 2.63. The van der Waals surface area contributed by atoms with Gasteiger partial charge in [0.15, 0.2) is 11.5 Å². The van der Waals surface area contributed by atoms with Gasteiger partial charge in [0.25, 0.3) is 0 Å². The Balaban J connectivity index is 2.41. The maximum atomic E-state index is 10.2. The first-order chi connectivity index (χ1) is 7.39. The maximum absolute atomic E-state index is 10.2. The lowest BCUT2D eigenvalue weighted by Gasteiger charge is -2.26. The van der Waals surface area contributed by atoms with Gasteiger partial charge >= 0.3 is 0 Å². The monoisotopic (exact) mass is 286 g/mol. The van der Waals surface area contributed by atoms with Gasteiger partial charge in [0.2, 0.25) is 6.79 Å². The van der Waals surface area contributed by atoms with Crippen molar-refractivity contribution >= 4 is 15.9 Å². The van der Waals surface area contributed by atoms with E-state index in [1.807, 2.05) is 32.9 Å². The normalized spacial score (nSPS) is 16.3. The van der Waals surface area contributed by atoms with E-state index in [0.29, 0.717) is 11.5 Å². The fourth-order valence-corrected chi connectivity index (χ4v) is 2.22. The molecule has 0 aliphatic carbocycles. The van der Waals surface area contributed by atoms with Crippen molar-refractivity contribution in [3.8, 4) is 11.5 Å². The Morgan fingerprint density at radius 3 is 2.62 bits per heavy atom. The van der Waals surface area contributed by atoms with Gasteiger partial charge in [-0.2, -0.15) is 0 Å². The van der Waals surface area contributed by atoms with Crippen molar-refractivity contribution < 1.29 is 14.6 Å². The number of hydrogen-bond acceptors (Lipinski definition) is 3. The molecule has 0 fully saturated rings. The largest absolute Gasteiger partial charge is 0.454 e. The molecule has 2 rings (SSSR count). The van der Waals surface area contributed by atoms with E-state index < -0.39 is 6.10 Å². The summed E-state index contributed by atoms with van der Waals surface area (Å²) >= 11 is 3.42. The summed E-state index contributed by atoms with van der Waals surface area (Å²) in [6.07, 6.45) is -0.529. The van der Waals surface area contributed by atoms with Crippen molar-refractivity contribution in [3.05, 3.63) is 22.2 Å². The molecule has 0 bridgehead atoms. The van der Waals surface area contributed by atoms with Crippen LogP contribution in [0.15, 0.2) is 16.6 Å². The second kappa shape index (κ2) is 3.93. The minimum atomic E-state index is -0.529. The number of benzene rings is 1. The fraction of sp³-hybridized carbons (Fsp3) is 0.500. The Morgan fingerprint density at radius 2 is 2.00 bits per heavy atom. The molecule has 88 valence electrons. The van der Waals surface area contributed by atoms with Gasteiger partial charge in [-0.05, 0) is 39.0 Å². The molecule has 1 aromatic rings. The molecule has 3 nitrogen and oxygen atoms in total. The molecule has 1 aliphatic rings. The molecule has 1 unspecified atom stereocenters. The van der Waals surface area contributed by atoms with Crippen molar-refractivity contribution in [1.82, 2.24) is 0 Å². The van der Waals surface area contributed by atoms with Crippen LogP contribution in [0.5, 0.6) is 11.5 Å². The number of aliphatic hydroxyl groups is 1. The lowest BCUT2D eigenvalue weighted by atomic mass is 9.85. The number of fused-ring (bicyclic) bond motifs is 1. The molecule has 16 heavy (non-hydrogen) atoms. The minimum Gasteiger partial charge on any atom is -0.454 e. The third-order valence-electron chi connectivity index (χ3n) is 2.59. The predicted octanol–water partition coefficient (Wildman–Crippen LogP) is 3.26. The van der Waals surface area contributed by atoms with Crippen LogP contribution < -0.4 is 9.47 Å². The summed E-state index contributed by atoms with van der Waals surface area (Å²) in [4.78, 5) is 0. The summed E-state index contributed by atoms with van der Waals surface area (Å²) in [6.45, 7) is 6.23. The van der Waals surface area contributed by atoms with Gasteiger partial charge in [-0.25, -0.2) is 0 Å². The van der Waals surface area contributed by atoms with Crippen LogP contribution in [0, 0.1) is 5.41 Å². The van der Waals surface area contributed by atoms with E-state index in [1.165, 1.54) is 0 Å². The molecule has 1 heterocycles. The summed E-state index contributed by atoms with van der Waals surface area (Å²) in [5, 5.41) is 10.2. The van der Waals surface area contributed by atoms with Crippen LogP contribution in [-0.4, -0.2) is 11.9 Å². The Hall–Kier alpha value is -0.740. The van der Waals surface area contributed by atoms with E-state index in [2.05, 4.69) is 15.9 Å². The number of halogens is 1. The summed E-state index contributed by atoms with van der Waals surface area (Å²) in [6, 6.07) is 3.71. The van der Waals surface area contributed by atoms with Crippen LogP contribution in [0.1, 0.15) is 32.4 Å². The first kappa shape index (κ1) is 11.7. The molecule has 0 spiro atoms. The third-order valence-corrected chi connectivity index (χ3v) is 3.17. The number of ether oxygens (including phenoxy) is 2. The van der Waals surface area contributed by atoms with Gasteiger partial charge in [0.05, 0.1) is 10.6 Å². The predicted molar refractivity (Wildman–Crippen MR) is 64.7 cm³/mol. The topological polar surface area (TPSA) is 38.7 Å². The second-order valence-corrected chi connectivity index (χ2v) is 5.86. The molecule has 0 radical (unpaired) electrons. The average molecular weight is 287 g/mol. The summed E-state index contributed by atoms with van der Waals surface area (Å²) in [5.41, 5.74) is 0.635. The molecule has 1 N–H and O–H groups in total. The molecular formula is C12H15BrO3. The zero-order valence-corrected chi connectivity index (χ0v) is 11.2. The lowest BCUT2D eigenvalue weighted by molar-refractivity contribution is 0.0624. The van der Waals surface area contributed by atoms with Gasteiger partial charge in [-0.3, -0.25) is 0 Å². The molecular weight excluding hydrogens is 272 g/mol. The molecule has 1 aromatic carbocycles. The van der Waals surface area contributed by atoms with E-state index in [-0.39, 0.29) is 12.2 Å². The Labute approximate surface area is 104 Å². The molecule has 4 heteroatoms. The van der Waals surface area contributed by atoms with E-state index in [0.717, 1.165) is 10.0 Å². The van der Waals surface area contributed by atoms with E-state index in [4.69, 9.17) is 9.47 Å². The van der Waals surface area contributed by atoms with Crippen molar-refractivity contribution in [2.24, 2.45) is 5.41 Å². The van der Waals surface area contributed by atoms with Crippen molar-refractivity contribution in [2.75, 3.05) is 6.79 Å². The van der Waals surface area contributed by atoms with Crippen LogP contribution in [0.2, 0.25) is 0 Å². The summed E-state index contributed by atoms with van der Waals surface area (Å²) < 4.78 is 11.4.